The van der Waals surface area contributed by atoms with Crippen molar-refractivity contribution in [2.24, 2.45) is 0 Å². The van der Waals surface area contributed by atoms with E-state index in [4.69, 9.17) is 9.47 Å². The third-order valence-corrected chi connectivity index (χ3v) is 4.93. The zero-order chi connectivity index (χ0) is 16.1. The van der Waals surface area contributed by atoms with Crippen LogP contribution in [0.5, 0.6) is 11.5 Å². The van der Waals surface area contributed by atoms with Crippen molar-refractivity contribution < 1.29 is 14.3 Å². The summed E-state index contributed by atoms with van der Waals surface area (Å²) in [6, 6.07) is 11.1. The lowest BCUT2D eigenvalue weighted by Gasteiger charge is -2.09. The van der Waals surface area contributed by atoms with E-state index in [2.05, 4.69) is 0 Å². The van der Waals surface area contributed by atoms with Crippen LogP contribution in [0, 0.1) is 13.8 Å². The molecule has 0 amide bonds. The van der Waals surface area contributed by atoms with Crippen LogP contribution < -0.4 is 9.47 Å². The lowest BCUT2D eigenvalue weighted by Crippen LogP contribution is -2.13. The first-order chi connectivity index (χ1) is 10.5. The normalized spacial score (nSPS) is 10.4. The molecule has 0 atom stereocenters. The minimum Gasteiger partial charge on any atom is -0.395 e. The molecule has 22 heavy (non-hydrogen) atoms. The topological polar surface area (TPSA) is 35.5 Å². The molecule has 0 aliphatic heterocycles. The quantitative estimate of drug-likeness (QED) is 0.429. The summed E-state index contributed by atoms with van der Waals surface area (Å²) >= 11 is 3.31. The van der Waals surface area contributed by atoms with Crippen LogP contribution >= 0.6 is 23.5 Å². The molecule has 0 saturated carbocycles. The van der Waals surface area contributed by atoms with Gasteiger partial charge in [0.2, 0.25) is 0 Å². The summed E-state index contributed by atoms with van der Waals surface area (Å²) in [5.74, 6) is 0.968. The highest BCUT2D eigenvalue weighted by Gasteiger charge is 2.10. The van der Waals surface area contributed by atoms with E-state index in [-0.39, 0.29) is 0 Å². The van der Waals surface area contributed by atoms with E-state index < -0.39 is 6.16 Å². The Kier molecular flexibility index (Phi) is 5.80. The van der Waals surface area contributed by atoms with E-state index in [1.807, 2.05) is 50.6 Å². The molecule has 3 nitrogen and oxygen atoms in total. The third-order valence-electron chi connectivity index (χ3n) is 3.13. The van der Waals surface area contributed by atoms with Crippen molar-refractivity contribution in [3.05, 3.63) is 47.5 Å². The van der Waals surface area contributed by atoms with Crippen LogP contribution in [0.3, 0.4) is 0 Å². The van der Waals surface area contributed by atoms with Gasteiger partial charge in [0.15, 0.2) is 0 Å². The Morgan fingerprint density at radius 1 is 0.818 bits per heavy atom. The standard InChI is InChI=1S/C17H18O3S2/c1-11-9-13(5-7-15(11)21-3)19-17(18)20-14-6-8-16(22-4)12(2)10-14/h5-10H,1-4H3. The van der Waals surface area contributed by atoms with Crippen LogP contribution in [0.2, 0.25) is 0 Å². The summed E-state index contributed by atoms with van der Waals surface area (Å²) in [6.45, 7) is 3.96. The fourth-order valence-electron chi connectivity index (χ4n) is 2.04. The molecule has 0 radical (unpaired) electrons. The van der Waals surface area contributed by atoms with Gasteiger partial charge in [-0.15, -0.1) is 23.5 Å². The molecule has 0 N–H and O–H groups in total. The number of rotatable bonds is 4. The van der Waals surface area contributed by atoms with Gasteiger partial charge in [-0.2, -0.15) is 0 Å². The lowest BCUT2D eigenvalue weighted by atomic mass is 10.2. The number of hydrogen-bond acceptors (Lipinski definition) is 5. The zero-order valence-corrected chi connectivity index (χ0v) is 14.6. The van der Waals surface area contributed by atoms with Gasteiger partial charge in [0.1, 0.15) is 11.5 Å². The molecule has 0 fully saturated rings. The summed E-state index contributed by atoms with van der Waals surface area (Å²) in [7, 11) is 0. The minimum absolute atomic E-state index is 0.484. The van der Waals surface area contributed by atoms with Crippen molar-refractivity contribution in [2.75, 3.05) is 12.5 Å². The number of hydrogen-bond donors (Lipinski definition) is 0. The maximum absolute atomic E-state index is 11.9. The summed E-state index contributed by atoms with van der Waals surface area (Å²) in [6.07, 6.45) is 3.29. The van der Waals surface area contributed by atoms with Gasteiger partial charge < -0.3 is 9.47 Å². The van der Waals surface area contributed by atoms with Crippen LogP contribution in [0.25, 0.3) is 0 Å². The van der Waals surface area contributed by atoms with E-state index in [0.29, 0.717) is 11.5 Å². The first kappa shape index (κ1) is 16.8. The van der Waals surface area contributed by atoms with Crippen LogP contribution in [0.4, 0.5) is 4.79 Å². The number of carbonyl (C=O) groups excluding carboxylic acids is 1. The SMILES string of the molecule is CSc1ccc(OC(=O)Oc2ccc(SC)c(C)c2)cc1C. The molecule has 0 aliphatic rings. The highest BCUT2D eigenvalue weighted by molar-refractivity contribution is 7.98. The Labute approximate surface area is 139 Å². The van der Waals surface area contributed by atoms with E-state index in [9.17, 15) is 4.79 Å². The van der Waals surface area contributed by atoms with Crippen molar-refractivity contribution in [3.63, 3.8) is 0 Å². The second-order valence-corrected chi connectivity index (χ2v) is 6.41. The van der Waals surface area contributed by atoms with E-state index in [1.165, 1.54) is 0 Å². The van der Waals surface area contributed by atoms with Crippen LogP contribution in [-0.4, -0.2) is 18.7 Å². The fraction of sp³-hybridized carbons (Fsp3) is 0.235. The maximum Gasteiger partial charge on any atom is 0.519 e. The van der Waals surface area contributed by atoms with Gasteiger partial charge in [0, 0.05) is 9.79 Å². The molecule has 2 aromatic carbocycles. The lowest BCUT2D eigenvalue weighted by molar-refractivity contribution is 0.152. The third kappa shape index (κ3) is 4.21. The second-order valence-electron chi connectivity index (χ2n) is 4.72. The predicted octanol–water partition coefficient (Wildman–Crippen LogP) is 5.33. The van der Waals surface area contributed by atoms with Crippen molar-refractivity contribution >= 4 is 29.7 Å². The summed E-state index contributed by atoms with van der Waals surface area (Å²) in [5.41, 5.74) is 2.14. The second kappa shape index (κ2) is 7.61. The first-order valence-corrected chi connectivity index (χ1v) is 9.17. The molecule has 0 aliphatic carbocycles. The van der Waals surface area contributed by atoms with Gasteiger partial charge >= 0.3 is 6.16 Å². The number of carbonyl (C=O) groups is 1. The van der Waals surface area contributed by atoms with Crippen LogP contribution in [0.15, 0.2) is 46.2 Å². The van der Waals surface area contributed by atoms with Gasteiger partial charge in [-0.05, 0) is 73.9 Å². The molecule has 2 rings (SSSR count). The zero-order valence-electron chi connectivity index (χ0n) is 13.0. The Morgan fingerprint density at radius 3 is 1.55 bits per heavy atom. The molecular weight excluding hydrogens is 316 g/mol. The number of aryl methyl sites for hydroxylation is 2. The van der Waals surface area contributed by atoms with Gasteiger partial charge in [0.25, 0.3) is 0 Å². The average molecular weight is 334 g/mol. The number of benzene rings is 2. The van der Waals surface area contributed by atoms with E-state index in [0.717, 1.165) is 20.9 Å². The molecular formula is C17H18O3S2. The van der Waals surface area contributed by atoms with Crippen molar-refractivity contribution in [1.82, 2.24) is 0 Å². The summed E-state index contributed by atoms with van der Waals surface area (Å²) < 4.78 is 10.4. The van der Waals surface area contributed by atoms with Crippen molar-refractivity contribution in [1.29, 1.82) is 0 Å². The van der Waals surface area contributed by atoms with Crippen molar-refractivity contribution in [2.45, 2.75) is 23.6 Å². The van der Waals surface area contributed by atoms with Gasteiger partial charge in [0.05, 0.1) is 0 Å². The van der Waals surface area contributed by atoms with Crippen LogP contribution in [0.1, 0.15) is 11.1 Å². The summed E-state index contributed by atoms with van der Waals surface area (Å²) in [4.78, 5) is 14.2. The maximum atomic E-state index is 11.9. The number of thioether (sulfide) groups is 2. The molecule has 0 unspecified atom stereocenters. The molecule has 0 saturated heterocycles. The monoisotopic (exact) mass is 334 g/mol. The van der Waals surface area contributed by atoms with E-state index in [1.54, 1.807) is 35.7 Å². The minimum atomic E-state index is -0.729. The van der Waals surface area contributed by atoms with Gasteiger partial charge in [-0.3, -0.25) is 0 Å². The molecule has 0 heterocycles. The predicted molar refractivity (Wildman–Crippen MR) is 92.6 cm³/mol. The van der Waals surface area contributed by atoms with Gasteiger partial charge in [-0.25, -0.2) is 4.79 Å². The largest absolute Gasteiger partial charge is 0.519 e. The Bertz CT molecular complexity index is 626. The molecule has 5 heteroatoms. The Morgan fingerprint density at radius 2 is 1.23 bits per heavy atom. The molecule has 0 spiro atoms. The van der Waals surface area contributed by atoms with Crippen molar-refractivity contribution in [3.8, 4) is 11.5 Å². The van der Waals surface area contributed by atoms with Gasteiger partial charge in [-0.1, -0.05) is 0 Å². The molecule has 116 valence electrons. The fourth-order valence-corrected chi connectivity index (χ4v) is 3.21. The molecule has 0 bridgehead atoms. The first-order valence-electron chi connectivity index (χ1n) is 6.72. The highest BCUT2D eigenvalue weighted by Crippen LogP contribution is 2.26. The average Bonchev–Trinajstić information content (AvgIpc) is 2.47. The molecule has 0 aromatic heterocycles. The Balaban J connectivity index is 2.04. The highest BCUT2D eigenvalue weighted by atomic mass is 32.2. The number of ether oxygens (including phenoxy) is 2. The van der Waals surface area contributed by atoms with E-state index >= 15 is 0 Å². The van der Waals surface area contributed by atoms with Crippen LogP contribution in [-0.2, 0) is 0 Å². The molecule has 2 aromatic rings. The summed E-state index contributed by atoms with van der Waals surface area (Å²) in [5, 5.41) is 0. The smallest absolute Gasteiger partial charge is 0.395 e. The Hall–Kier alpha value is -1.59.